The minimum atomic E-state index is -0.370. The zero-order valence-electron chi connectivity index (χ0n) is 10.8. The van der Waals surface area contributed by atoms with E-state index in [2.05, 4.69) is 0 Å². The average molecular weight is 270 g/mol. The fourth-order valence-corrected chi connectivity index (χ4v) is 1.70. The fraction of sp³-hybridized carbons (Fsp3) is 0.188. The Bertz CT molecular complexity index is 573. The van der Waals surface area contributed by atoms with Crippen LogP contribution >= 0.6 is 0 Å². The van der Waals surface area contributed by atoms with Crippen LogP contribution < -0.4 is 9.47 Å². The normalized spacial score (nSPS) is 16.5. The first-order chi connectivity index (χ1) is 9.81. The predicted octanol–water partition coefficient (Wildman–Crippen LogP) is 2.68. The predicted molar refractivity (Wildman–Crippen MR) is 73.1 cm³/mol. The first-order valence-electron chi connectivity index (χ1n) is 6.43. The van der Waals surface area contributed by atoms with Crippen molar-refractivity contribution in [3.8, 4) is 11.5 Å². The van der Waals surface area contributed by atoms with Crippen LogP contribution in [-0.2, 0) is 4.74 Å². The van der Waals surface area contributed by atoms with Gasteiger partial charge in [-0.15, -0.1) is 0 Å². The highest BCUT2D eigenvalue weighted by atomic mass is 16.6. The largest absolute Gasteiger partial charge is 0.491 e. The monoisotopic (exact) mass is 270 g/mol. The van der Waals surface area contributed by atoms with Gasteiger partial charge in [0, 0.05) is 0 Å². The summed E-state index contributed by atoms with van der Waals surface area (Å²) >= 11 is 0. The molecule has 1 fully saturated rings. The molecule has 2 aromatic carbocycles. The number of benzene rings is 2. The first-order valence-corrected chi connectivity index (χ1v) is 6.43. The summed E-state index contributed by atoms with van der Waals surface area (Å²) in [5.41, 5.74) is 0.527. The van der Waals surface area contributed by atoms with Crippen molar-refractivity contribution in [1.29, 1.82) is 0 Å². The van der Waals surface area contributed by atoms with E-state index >= 15 is 0 Å². The second kappa shape index (κ2) is 5.75. The molecule has 102 valence electrons. The zero-order valence-corrected chi connectivity index (χ0v) is 10.8. The maximum Gasteiger partial charge on any atom is 0.343 e. The Morgan fingerprint density at radius 1 is 1.05 bits per heavy atom. The van der Waals surface area contributed by atoms with Crippen molar-refractivity contribution in [1.82, 2.24) is 0 Å². The van der Waals surface area contributed by atoms with Gasteiger partial charge in [-0.1, -0.05) is 18.2 Å². The van der Waals surface area contributed by atoms with Gasteiger partial charge in [-0.3, -0.25) is 0 Å². The molecule has 1 aliphatic heterocycles. The minimum Gasteiger partial charge on any atom is -0.491 e. The van der Waals surface area contributed by atoms with Gasteiger partial charge in [0.05, 0.1) is 12.2 Å². The molecule has 4 nitrogen and oxygen atoms in total. The van der Waals surface area contributed by atoms with Crippen molar-refractivity contribution in [2.24, 2.45) is 0 Å². The van der Waals surface area contributed by atoms with Crippen LogP contribution in [0.2, 0.25) is 0 Å². The molecule has 0 aliphatic carbocycles. The lowest BCUT2D eigenvalue weighted by atomic mass is 10.2. The van der Waals surface area contributed by atoms with E-state index in [0.717, 1.165) is 12.4 Å². The van der Waals surface area contributed by atoms with Gasteiger partial charge in [0.1, 0.15) is 24.2 Å². The van der Waals surface area contributed by atoms with Gasteiger partial charge in [0.2, 0.25) is 0 Å². The van der Waals surface area contributed by atoms with E-state index in [1.54, 1.807) is 48.5 Å². The van der Waals surface area contributed by atoms with E-state index in [-0.39, 0.29) is 12.1 Å². The summed E-state index contributed by atoms with van der Waals surface area (Å²) in [5.74, 6) is 0.861. The standard InChI is InChI=1S/C16H14O4/c17-16(12-4-2-1-3-5-12)20-14-8-6-13(7-9-14)18-10-15-11-19-15/h1-9,15H,10-11H2. The third-order valence-electron chi connectivity index (χ3n) is 2.88. The van der Waals surface area contributed by atoms with Crippen molar-refractivity contribution in [3.05, 3.63) is 60.2 Å². The number of epoxide rings is 1. The van der Waals surface area contributed by atoms with Crippen LogP contribution in [0.25, 0.3) is 0 Å². The van der Waals surface area contributed by atoms with Gasteiger partial charge in [-0.2, -0.15) is 0 Å². The average Bonchev–Trinajstić information content (AvgIpc) is 3.32. The Morgan fingerprint density at radius 2 is 1.70 bits per heavy atom. The van der Waals surface area contributed by atoms with Gasteiger partial charge in [-0.05, 0) is 36.4 Å². The Labute approximate surface area is 116 Å². The number of esters is 1. The SMILES string of the molecule is O=C(Oc1ccc(OCC2CO2)cc1)c1ccccc1. The molecule has 2 aromatic rings. The number of rotatable bonds is 5. The highest BCUT2D eigenvalue weighted by molar-refractivity contribution is 5.90. The molecule has 1 aliphatic rings. The molecule has 1 unspecified atom stereocenters. The van der Waals surface area contributed by atoms with Gasteiger partial charge in [0.15, 0.2) is 0 Å². The highest BCUT2D eigenvalue weighted by Gasteiger charge is 2.22. The molecule has 0 bridgehead atoms. The van der Waals surface area contributed by atoms with Crippen LogP contribution in [0.1, 0.15) is 10.4 Å². The maximum atomic E-state index is 11.9. The Balaban J connectivity index is 1.58. The molecule has 0 N–H and O–H groups in total. The summed E-state index contributed by atoms with van der Waals surface area (Å²) in [6.45, 7) is 1.33. The Morgan fingerprint density at radius 3 is 2.35 bits per heavy atom. The molecule has 1 saturated heterocycles. The van der Waals surface area contributed by atoms with Gasteiger partial charge < -0.3 is 14.2 Å². The van der Waals surface area contributed by atoms with Gasteiger partial charge in [-0.25, -0.2) is 4.79 Å². The summed E-state index contributed by atoms with van der Waals surface area (Å²) in [6, 6.07) is 15.9. The van der Waals surface area contributed by atoms with Crippen molar-refractivity contribution in [3.63, 3.8) is 0 Å². The number of carbonyl (C=O) groups excluding carboxylic acids is 1. The smallest absolute Gasteiger partial charge is 0.343 e. The molecule has 0 saturated carbocycles. The third-order valence-corrected chi connectivity index (χ3v) is 2.88. The number of hydrogen-bond donors (Lipinski definition) is 0. The summed E-state index contributed by atoms with van der Waals surface area (Å²) in [4.78, 5) is 11.9. The maximum absolute atomic E-state index is 11.9. The van der Waals surface area contributed by atoms with E-state index in [0.29, 0.717) is 17.9 Å². The van der Waals surface area contributed by atoms with Crippen LogP contribution in [0.4, 0.5) is 0 Å². The second-order valence-corrected chi connectivity index (χ2v) is 4.49. The Kier molecular flexibility index (Phi) is 3.65. The fourth-order valence-electron chi connectivity index (χ4n) is 1.70. The van der Waals surface area contributed by atoms with E-state index < -0.39 is 0 Å². The molecule has 4 heteroatoms. The molecular formula is C16H14O4. The van der Waals surface area contributed by atoms with Crippen molar-refractivity contribution < 1.29 is 19.0 Å². The van der Waals surface area contributed by atoms with Crippen molar-refractivity contribution in [2.45, 2.75) is 6.10 Å². The van der Waals surface area contributed by atoms with Gasteiger partial charge >= 0.3 is 5.97 Å². The highest BCUT2D eigenvalue weighted by Crippen LogP contribution is 2.20. The molecule has 0 radical (unpaired) electrons. The number of carbonyl (C=O) groups is 1. The van der Waals surface area contributed by atoms with E-state index in [4.69, 9.17) is 14.2 Å². The van der Waals surface area contributed by atoms with E-state index in [1.807, 2.05) is 6.07 Å². The lowest BCUT2D eigenvalue weighted by Crippen LogP contribution is -2.08. The van der Waals surface area contributed by atoms with Crippen LogP contribution in [-0.4, -0.2) is 25.3 Å². The lowest BCUT2D eigenvalue weighted by molar-refractivity contribution is 0.0734. The molecule has 1 atom stereocenters. The molecular weight excluding hydrogens is 256 g/mol. The zero-order chi connectivity index (χ0) is 13.8. The van der Waals surface area contributed by atoms with Crippen LogP contribution in [0, 0.1) is 0 Å². The summed E-state index contributed by atoms with van der Waals surface area (Å²) in [6.07, 6.45) is 0.227. The summed E-state index contributed by atoms with van der Waals surface area (Å²) in [7, 11) is 0. The van der Waals surface area contributed by atoms with Gasteiger partial charge in [0.25, 0.3) is 0 Å². The molecule has 0 amide bonds. The van der Waals surface area contributed by atoms with E-state index in [9.17, 15) is 4.79 Å². The first kappa shape index (κ1) is 12.7. The summed E-state index contributed by atoms with van der Waals surface area (Å²) < 4.78 is 15.8. The van der Waals surface area contributed by atoms with Crippen LogP contribution in [0.15, 0.2) is 54.6 Å². The summed E-state index contributed by atoms with van der Waals surface area (Å²) in [5, 5.41) is 0. The Hall–Kier alpha value is -2.33. The van der Waals surface area contributed by atoms with Crippen LogP contribution in [0.3, 0.4) is 0 Å². The lowest BCUT2D eigenvalue weighted by Gasteiger charge is -2.06. The molecule has 1 heterocycles. The van der Waals surface area contributed by atoms with Crippen LogP contribution in [0.5, 0.6) is 11.5 Å². The van der Waals surface area contributed by atoms with Crippen molar-refractivity contribution in [2.75, 3.05) is 13.2 Å². The number of ether oxygens (including phenoxy) is 3. The molecule has 0 spiro atoms. The quantitative estimate of drug-likeness (QED) is 0.476. The van der Waals surface area contributed by atoms with E-state index in [1.165, 1.54) is 0 Å². The number of hydrogen-bond acceptors (Lipinski definition) is 4. The van der Waals surface area contributed by atoms with Crippen molar-refractivity contribution >= 4 is 5.97 Å². The molecule has 3 rings (SSSR count). The minimum absolute atomic E-state index is 0.227. The molecule has 0 aromatic heterocycles. The topological polar surface area (TPSA) is 48.1 Å². The third kappa shape index (κ3) is 3.36. The molecule has 20 heavy (non-hydrogen) atoms. The second-order valence-electron chi connectivity index (χ2n) is 4.49.